The molecule has 0 aliphatic carbocycles. The first kappa shape index (κ1) is 9.30. The summed E-state index contributed by atoms with van der Waals surface area (Å²) in [5.41, 5.74) is 0. The van der Waals surface area contributed by atoms with Gasteiger partial charge in [-0.1, -0.05) is 0 Å². The topological polar surface area (TPSA) is 44.4 Å². The highest BCUT2D eigenvalue weighted by atomic mass is 32.2. The van der Waals surface area contributed by atoms with Crippen molar-refractivity contribution >= 4 is 17.7 Å². The van der Waals surface area contributed by atoms with Crippen molar-refractivity contribution in [1.82, 2.24) is 15.5 Å². The number of rotatable bonds is 1. The van der Waals surface area contributed by atoms with E-state index in [1.807, 2.05) is 4.90 Å². The summed E-state index contributed by atoms with van der Waals surface area (Å²) in [6.45, 7) is 4.55. The predicted molar refractivity (Wildman–Crippen MR) is 53.7 cm³/mol. The zero-order valence-corrected chi connectivity index (χ0v) is 8.40. The summed E-state index contributed by atoms with van der Waals surface area (Å²) < 4.78 is 0. The third kappa shape index (κ3) is 2.15. The van der Waals surface area contributed by atoms with E-state index in [2.05, 4.69) is 10.6 Å². The Kier molecular flexibility index (Phi) is 3.08. The average Bonchev–Trinajstić information content (AvgIpc) is 2.71. The molecule has 5 heteroatoms. The summed E-state index contributed by atoms with van der Waals surface area (Å²) in [5, 5.41) is 6.47. The summed E-state index contributed by atoms with van der Waals surface area (Å²) in [5.74, 6) is 1.33. The minimum Gasteiger partial charge on any atom is -0.338 e. The monoisotopic (exact) mass is 201 g/mol. The minimum atomic E-state index is 0.0260. The molecule has 2 heterocycles. The molecule has 0 aromatic rings. The lowest BCUT2D eigenvalue weighted by atomic mass is 10.3. The van der Waals surface area contributed by atoms with E-state index in [4.69, 9.17) is 0 Å². The maximum absolute atomic E-state index is 11.8. The minimum absolute atomic E-state index is 0.0260. The van der Waals surface area contributed by atoms with Gasteiger partial charge in [0, 0.05) is 38.5 Å². The molecule has 2 N–H and O–H groups in total. The van der Waals surface area contributed by atoms with Crippen molar-refractivity contribution < 1.29 is 4.79 Å². The second kappa shape index (κ2) is 4.30. The second-order valence-electron chi connectivity index (χ2n) is 3.28. The Balaban J connectivity index is 1.87. The van der Waals surface area contributed by atoms with Crippen LogP contribution in [0.4, 0.5) is 0 Å². The third-order valence-corrected chi connectivity index (χ3v) is 3.51. The van der Waals surface area contributed by atoms with Crippen LogP contribution in [0, 0.1) is 0 Å². The fourth-order valence-electron chi connectivity index (χ4n) is 1.64. The third-order valence-electron chi connectivity index (χ3n) is 2.37. The number of hydrogen-bond acceptors (Lipinski definition) is 4. The molecule has 74 valence electrons. The van der Waals surface area contributed by atoms with Gasteiger partial charge >= 0.3 is 0 Å². The molecule has 2 fully saturated rings. The Hall–Kier alpha value is -0.260. The number of amides is 1. The summed E-state index contributed by atoms with van der Waals surface area (Å²) >= 11 is 1.72. The molecule has 0 radical (unpaired) electrons. The summed E-state index contributed by atoms with van der Waals surface area (Å²) in [6, 6.07) is 0. The molecule has 1 amide bonds. The number of carbonyl (C=O) groups excluding carboxylic acids is 1. The number of hydrogen-bond donors (Lipinski definition) is 2. The molecular weight excluding hydrogens is 186 g/mol. The zero-order valence-electron chi connectivity index (χ0n) is 7.58. The van der Waals surface area contributed by atoms with Crippen molar-refractivity contribution in [2.75, 3.05) is 38.5 Å². The van der Waals surface area contributed by atoms with Gasteiger partial charge in [-0.15, -0.1) is 11.8 Å². The van der Waals surface area contributed by atoms with Crippen LogP contribution in [-0.4, -0.2) is 54.7 Å². The Morgan fingerprint density at radius 1 is 1.31 bits per heavy atom. The summed E-state index contributed by atoms with van der Waals surface area (Å²) in [7, 11) is 0. The highest BCUT2D eigenvalue weighted by Gasteiger charge is 2.27. The van der Waals surface area contributed by atoms with Gasteiger partial charge in [0.05, 0.1) is 0 Å². The molecule has 2 aliphatic rings. The van der Waals surface area contributed by atoms with Crippen LogP contribution in [0.5, 0.6) is 0 Å². The molecule has 2 saturated heterocycles. The highest BCUT2D eigenvalue weighted by molar-refractivity contribution is 8.00. The van der Waals surface area contributed by atoms with Gasteiger partial charge in [-0.2, -0.15) is 0 Å². The van der Waals surface area contributed by atoms with Crippen molar-refractivity contribution in [2.45, 2.75) is 5.37 Å². The lowest BCUT2D eigenvalue weighted by molar-refractivity contribution is -0.131. The van der Waals surface area contributed by atoms with Crippen molar-refractivity contribution in [3.05, 3.63) is 0 Å². The van der Waals surface area contributed by atoms with E-state index in [1.54, 1.807) is 11.8 Å². The van der Waals surface area contributed by atoms with E-state index in [1.165, 1.54) is 0 Å². The molecule has 2 aliphatic heterocycles. The van der Waals surface area contributed by atoms with E-state index < -0.39 is 0 Å². The van der Waals surface area contributed by atoms with Gasteiger partial charge in [-0.25, -0.2) is 0 Å². The lowest BCUT2D eigenvalue weighted by Gasteiger charge is -2.29. The standard InChI is InChI=1S/C8H15N3OS/c12-8(7-10-3-6-13-7)11-4-1-9-2-5-11/h7,9-10H,1-6H2. The Bertz CT molecular complexity index is 188. The molecule has 0 aromatic carbocycles. The quantitative estimate of drug-likeness (QED) is 0.576. The highest BCUT2D eigenvalue weighted by Crippen LogP contribution is 2.16. The van der Waals surface area contributed by atoms with Crippen molar-refractivity contribution in [3.63, 3.8) is 0 Å². The smallest absolute Gasteiger partial charge is 0.250 e. The maximum Gasteiger partial charge on any atom is 0.250 e. The zero-order chi connectivity index (χ0) is 9.10. The number of nitrogens with zero attached hydrogens (tertiary/aromatic N) is 1. The van der Waals surface area contributed by atoms with Crippen molar-refractivity contribution in [2.24, 2.45) is 0 Å². The first-order chi connectivity index (χ1) is 6.38. The number of thioether (sulfide) groups is 1. The largest absolute Gasteiger partial charge is 0.338 e. The SMILES string of the molecule is O=C(C1NCCS1)N1CCNCC1. The van der Waals surface area contributed by atoms with Gasteiger partial charge < -0.3 is 10.2 Å². The molecule has 13 heavy (non-hydrogen) atoms. The number of carbonyl (C=O) groups is 1. The normalized spacial score (nSPS) is 29.2. The van der Waals surface area contributed by atoms with Gasteiger partial charge in [-0.3, -0.25) is 10.1 Å². The number of piperazine rings is 1. The van der Waals surface area contributed by atoms with E-state index in [0.29, 0.717) is 0 Å². The molecule has 1 unspecified atom stereocenters. The fourth-order valence-corrected chi connectivity index (χ4v) is 2.63. The molecule has 1 atom stereocenters. The molecule has 4 nitrogen and oxygen atoms in total. The van der Waals surface area contributed by atoms with E-state index in [-0.39, 0.29) is 11.3 Å². The Labute approximate surface area is 82.4 Å². The van der Waals surface area contributed by atoms with Gasteiger partial charge in [0.1, 0.15) is 5.37 Å². The van der Waals surface area contributed by atoms with Crippen molar-refractivity contribution in [1.29, 1.82) is 0 Å². The predicted octanol–water partition coefficient (Wildman–Crippen LogP) is -0.919. The summed E-state index contributed by atoms with van der Waals surface area (Å²) in [4.78, 5) is 13.8. The lowest BCUT2D eigenvalue weighted by Crippen LogP contribution is -2.51. The average molecular weight is 201 g/mol. The fraction of sp³-hybridized carbons (Fsp3) is 0.875. The van der Waals surface area contributed by atoms with Crippen LogP contribution in [0.2, 0.25) is 0 Å². The molecular formula is C8H15N3OS. The maximum atomic E-state index is 11.8. The van der Waals surface area contributed by atoms with Crippen LogP contribution in [0.3, 0.4) is 0 Å². The van der Waals surface area contributed by atoms with E-state index >= 15 is 0 Å². The Morgan fingerprint density at radius 3 is 2.69 bits per heavy atom. The van der Waals surface area contributed by atoms with Crippen LogP contribution in [0.1, 0.15) is 0 Å². The summed E-state index contributed by atoms with van der Waals surface area (Å²) in [6.07, 6.45) is 0. The molecule has 0 spiro atoms. The van der Waals surface area contributed by atoms with Crippen LogP contribution in [-0.2, 0) is 4.79 Å². The van der Waals surface area contributed by atoms with Crippen LogP contribution < -0.4 is 10.6 Å². The van der Waals surface area contributed by atoms with Crippen LogP contribution in [0.25, 0.3) is 0 Å². The van der Waals surface area contributed by atoms with Crippen LogP contribution in [0.15, 0.2) is 0 Å². The molecule has 0 aromatic heterocycles. The first-order valence-electron chi connectivity index (χ1n) is 4.72. The first-order valence-corrected chi connectivity index (χ1v) is 5.77. The van der Waals surface area contributed by atoms with Gasteiger partial charge in [-0.05, 0) is 0 Å². The number of nitrogens with one attached hydrogen (secondary N) is 2. The second-order valence-corrected chi connectivity index (χ2v) is 4.49. The molecule has 0 saturated carbocycles. The van der Waals surface area contributed by atoms with Gasteiger partial charge in [0.2, 0.25) is 5.91 Å². The van der Waals surface area contributed by atoms with Crippen molar-refractivity contribution in [3.8, 4) is 0 Å². The molecule has 0 bridgehead atoms. The van der Waals surface area contributed by atoms with E-state index in [0.717, 1.165) is 38.5 Å². The van der Waals surface area contributed by atoms with Gasteiger partial charge in [0.15, 0.2) is 0 Å². The van der Waals surface area contributed by atoms with E-state index in [9.17, 15) is 4.79 Å². The van der Waals surface area contributed by atoms with Crippen LogP contribution >= 0.6 is 11.8 Å². The molecule has 2 rings (SSSR count). The Morgan fingerprint density at radius 2 is 2.08 bits per heavy atom. The van der Waals surface area contributed by atoms with Gasteiger partial charge in [0.25, 0.3) is 0 Å².